The zero-order valence-electron chi connectivity index (χ0n) is 67.0. The van der Waals surface area contributed by atoms with Crippen LogP contribution in [0.2, 0.25) is 0 Å². The molecule has 13 aromatic carbocycles. The molecular weight excluding hydrogens is 1510 g/mol. The summed E-state index contributed by atoms with van der Waals surface area (Å²) in [4.78, 5) is 48.3. The van der Waals surface area contributed by atoms with Gasteiger partial charge in [-0.1, -0.05) is 279 Å². The summed E-state index contributed by atoms with van der Waals surface area (Å²) >= 11 is 0. The number of fused-ring (bicyclic) bond motifs is 9. The summed E-state index contributed by atoms with van der Waals surface area (Å²) in [5.74, 6) is 0. The lowest BCUT2D eigenvalue weighted by Crippen LogP contribution is -1.93. The quantitative estimate of drug-likeness (QED) is 0.0766. The Balaban J connectivity index is 0.000000148. The maximum Gasteiger partial charge on any atom is 0.0978 e. The van der Waals surface area contributed by atoms with Crippen molar-refractivity contribution in [3.05, 3.63) is 438 Å². The van der Waals surface area contributed by atoms with Crippen molar-refractivity contribution in [2.24, 2.45) is 0 Å². The van der Waals surface area contributed by atoms with Gasteiger partial charge in [-0.2, -0.15) is 0 Å². The van der Waals surface area contributed by atoms with Crippen LogP contribution >= 0.6 is 0 Å². The highest BCUT2D eigenvalue weighted by Crippen LogP contribution is 2.43. The summed E-state index contributed by atoms with van der Waals surface area (Å²) in [5, 5.41) is 8.87. The second-order valence-corrected chi connectivity index (χ2v) is 31.1. The standard InChI is InChI=1S/C59H37N5.C55H35N5/c1-2-6-44(7-3-1)57-51-8-4-5-9-54(51)64-59-52(57)24-22-45-23-25-53(63-58(45)59)49-21-20-46-34-48(19-18-47(46)35-49)50-36-55(42-14-10-38(11-15-42)40-26-30-60-31-27-40)62-56(37-50)43-16-12-39(13-17-43)41-28-32-61-33-29-41;1-2-6-44(7-3-1)53-47-8-4-5-9-50(47)60-55-48(53)24-22-45-23-25-49(59-54(45)55)41-16-14-38(15-17-41)46-34-51(42-18-10-36(11-19-42)39-26-30-56-31-27-39)58-52(35-46)43-20-12-37(13-21-43)40-28-32-57-33-29-40/h1-37H;1-35H. The third-order valence-electron chi connectivity index (χ3n) is 23.6. The topological polar surface area (TPSA) is 129 Å². The average molecular weight is 1580 g/mol. The maximum absolute atomic E-state index is 5.33. The van der Waals surface area contributed by atoms with Gasteiger partial charge >= 0.3 is 0 Å². The van der Waals surface area contributed by atoms with Gasteiger partial charge in [-0.3, -0.25) is 19.9 Å². The summed E-state index contributed by atoms with van der Waals surface area (Å²) < 4.78 is 0. The predicted molar refractivity (Wildman–Crippen MR) is 509 cm³/mol. The van der Waals surface area contributed by atoms with Crippen LogP contribution < -0.4 is 0 Å². The lowest BCUT2D eigenvalue weighted by Gasteiger charge is -2.14. The van der Waals surface area contributed by atoms with E-state index in [9.17, 15) is 0 Å². The number of rotatable bonds is 14. The van der Waals surface area contributed by atoms with Gasteiger partial charge in [0.15, 0.2) is 0 Å². The fraction of sp³-hybridized carbons (Fsp3) is 0. The van der Waals surface area contributed by atoms with E-state index in [0.29, 0.717) is 0 Å². The molecule has 0 saturated heterocycles. The zero-order chi connectivity index (χ0) is 82.2. The molecule has 0 N–H and O–H groups in total. The van der Waals surface area contributed by atoms with Crippen LogP contribution in [0.25, 0.3) is 233 Å². The predicted octanol–water partition coefficient (Wildman–Crippen LogP) is 28.7. The molecule has 0 aliphatic rings. The van der Waals surface area contributed by atoms with Crippen LogP contribution in [0, 0.1) is 0 Å². The van der Waals surface area contributed by atoms with Gasteiger partial charge in [-0.05, 0) is 198 Å². The number of para-hydroxylation sites is 2. The van der Waals surface area contributed by atoms with Crippen LogP contribution in [-0.4, -0.2) is 49.8 Å². The molecule has 0 unspecified atom stereocenters. The second kappa shape index (κ2) is 32.1. The monoisotopic (exact) mass is 1580 g/mol. The van der Waals surface area contributed by atoms with Crippen molar-refractivity contribution < 1.29 is 0 Å². The molecular formula is C114H72N10. The normalized spacial score (nSPS) is 11.4. The van der Waals surface area contributed by atoms with E-state index >= 15 is 0 Å². The number of benzene rings is 13. The minimum absolute atomic E-state index is 0.894. The van der Waals surface area contributed by atoms with Gasteiger partial charge < -0.3 is 0 Å². The van der Waals surface area contributed by atoms with Crippen LogP contribution in [0.15, 0.2) is 438 Å². The van der Waals surface area contributed by atoms with E-state index in [1.807, 2.05) is 98.1 Å². The Morgan fingerprint density at radius 1 is 0.129 bits per heavy atom. The molecule has 0 bridgehead atoms. The van der Waals surface area contributed by atoms with Crippen LogP contribution in [0.5, 0.6) is 0 Å². The molecule has 0 amide bonds. The molecule has 578 valence electrons. The maximum atomic E-state index is 5.33. The number of hydrogen-bond donors (Lipinski definition) is 0. The smallest absolute Gasteiger partial charge is 0.0978 e. The SMILES string of the molecule is c1ccc(-c2c3ccccc3nc3c2ccc2ccc(-c4ccc(-c5cc(-c6ccc(-c7ccncc7)cc6)nc(-c6ccc(-c7ccncc7)cc6)c5)cc4)nc23)cc1.c1ccc(-c2c3ccccc3nc3c2ccc2ccc(-c4ccc5cc(-c6cc(-c7ccc(-c8ccncc8)cc7)nc(-c7ccc(-c8ccncc8)cc7)c6)ccc5c4)nc23)cc1. The molecule has 0 radical (unpaired) electrons. The van der Waals surface area contributed by atoms with E-state index in [1.54, 1.807) is 0 Å². The highest BCUT2D eigenvalue weighted by molar-refractivity contribution is 6.18. The van der Waals surface area contributed by atoms with Crippen molar-refractivity contribution in [2.45, 2.75) is 0 Å². The van der Waals surface area contributed by atoms with Crippen molar-refractivity contribution in [2.75, 3.05) is 0 Å². The summed E-state index contributed by atoms with van der Waals surface area (Å²) in [6.45, 7) is 0. The van der Waals surface area contributed by atoms with Crippen LogP contribution in [0.4, 0.5) is 0 Å². The third kappa shape index (κ3) is 14.4. The van der Waals surface area contributed by atoms with Crippen LogP contribution in [-0.2, 0) is 0 Å². The van der Waals surface area contributed by atoms with E-state index in [2.05, 4.69) is 360 Å². The Bertz CT molecular complexity index is 7750. The third-order valence-corrected chi connectivity index (χ3v) is 23.6. The zero-order valence-corrected chi connectivity index (χ0v) is 67.0. The summed E-state index contributed by atoms with van der Waals surface area (Å²) in [6, 6.07) is 137. The molecule has 10 heterocycles. The Labute approximate surface area is 715 Å². The minimum atomic E-state index is 0.894. The molecule has 0 aliphatic heterocycles. The molecule has 10 nitrogen and oxygen atoms in total. The van der Waals surface area contributed by atoms with Crippen molar-refractivity contribution in [3.63, 3.8) is 0 Å². The summed E-state index contributed by atoms with van der Waals surface area (Å²) in [7, 11) is 0. The van der Waals surface area contributed by atoms with Gasteiger partial charge in [-0.15, -0.1) is 0 Å². The minimum Gasteiger partial charge on any atom is -0.265 e. The number of nitrogens with zero attached hydrogens (tertiary/aromatic N) is 10. The highest BCUT2D eigenvalue weighted by atomic mass is 14.8. The Morgan fingerprint density at radius 3 is 0.766 bits per heavy atom. The van der Waals surface area contributed by atoms with E-state index in [1.165, 1.54) is 22.3 Å². The fourth-order valence-electron chi connectivity index (χ4n) is 17.1. The molecule has 124 heavy (non-hydrogen) atoms. The van der Waals surface area contributed by atoms with Gasteiger partial charge in [0.1, 0.15) is 0 Å². The number of pyridine rings is 10. The van der Waals surface area contributed by atoms with Crippen molar-refractivity contribution in [1.82, 2.24) is 49.8 Å². The first-order valence-electron chi connectivity index (χ1n) is 41.5. The number of aromatic nitrogens is 10. The van der Waals surface area contributed by atoms with Crippen LogP contribution in [0.1, 0.15) is 0 Å². The molecule has 10 heteroatoms. The molecule has 23 aromatic rings. The molecule has 0 atom stereocenters. The van der Waals surface area contributed by atoms with Crippen molar-refractivity contribution in [1.29, 1.82) is 0 Å². The van der Waals surface area contributed by atoms with Gasteiger partial charge in [0.05, 0.1) is 67.3 Å². The van der Waals surface area contributed by atoms with E-state index in [4.69, 9.17) is 29.9 Å². The van der Waals surface area contributed by atoms with E-state index in [0.717, 1.165) is 210 Å². The van der Waals surface area contributed by atoms with Crippen LogP contribution in [0.3, 0.4) is 0 Å². The Morgan fingerprint density at radius 2 is 0.395 bits per heavy atom. The molecule has 0 saturated carbocycles. The lowest BCUT2D eigenvalue weighted by atomic mass is 9.95. The molecule has 0 spiro atoms. The average Bonchev–Trinajstić information content (AvgIpc) is 0.744. The largest absolute Gasteiger partial charge is 0.265 e. The van der Waals surface area contributed by atoms with E-state index in [-0.39, 0.29) is 0 Å². The molecule has 23 rings (SSSR count). The molecule has 0 aliphatic carbocycles. The number of hydrogen-bond acceptors (Lipinski definition) is 10. The second-order valence-electron chi connectivity index (χ2n) is 31.1. The van der Waals surface area contributed by atoms with Gasteiger partial charge in [-0.25, -0.2) is 29.9 Å². The van der Waals surface area contributed by atoms with E-state index < -0.39 is 0 Å². The summed E-state index contributed by atoms with van der Waals surface area (Å²) in [6.07, 6.45) is 14.6. The first-order valence-corrected chi connectivity index (χ1v) is 41.5. The van der Waals surface area contributed by atoms with Gasteiger partial charge in [0.25, 0.3) is 0 Å². The first kappa shape index (κ1) is 73.5. The molecule has 0 fully saturated rings. The Kier molecular flexibility index (Phi) is 19.1. The summed E-state index contributed by atoms with van der Waals surface area (Å²) in [5.41, 5.74) is 35.4. The van der Waals surface area contributed by atoms with Gasteiger partial charge in [0, 0.05) is 126 Å². The van der Waals surface area contributed by atoms with Crippen molar-refractivity contribution in [3.8, 4) is 157 Å². The molecule has 10 aromatic heterocycles. The van der Waals surface area contributed by atoms with Gasteiger partial charge in [0.2, 0.25) is 0 Å². The lowest BCUT2D eigenvalue weighted by molar-refractivity contribution is 1.32. The van der Waals surface area contributed by atoms with Crippen molar-refractivity contribution >= 4 is 76.2 Å². The first-order chi connectivity index (χ1) is 61.4. The highest BCUT2D eigenvalue weighted by Gasteiger charge is 2.20. The fourth-order valence-corrected chi connectivity index (χ4v) is 17.1. The Hall–Kier alpha value is -16.8.